The van der Waals surface area contributed by atoms with Gasteiger partial charge >= 0.3 is 5.97 Å². The van der Waals surface area contributed by atoms with Gasteiger partial charge in [-0.25, -0.2) is 4.79 Å². The molecule has 0 radical (unpaired) electrons. The fourth-order valence-corrected chi connectivity index (χ4v) is 4.14. The molecular formula is C20H20ClNO3. The topological polar surface area (TPSA) is 47.6 Å². The lowest BCUT2D eigenvalue weighted by Crippen LogP contribution is -2.41. The molecule has 130 valence electrons. The number of halogens is 1. The Hall–Kier alpha value is -2.20. The summed E-state index contributed by atoms with van der Waals surface area (Å²) >= 11 is 6.18. The van der Waals surface area contributed by atoms with E-state index in [2.05, 4.69) is 17.4 Å². The number of hydrogen-bond donors (Lipinski definition) is 1. The molecule has 1 aliphatic heterocycles. The normalized spacial score (nSPS) is 21.4. The van der Waals surface area contributed by atoms with E-state index in [1.54, 1.807) is 12.1 Å². The van der Waals surface area contributed by atoms with Gasteiger partial charge in [-0.2, -0.15) is 0 Å². The van der Waals surface area contributed by atoms with Crippen LogP contribution in [0.25, 0.3) is 0 Å². The number of anilines is 1. The smallest absolute Gasteiger partial charge is 0.337 e. The van der Waals surface area contributed by atoms with Gasteiger partial charge in [0, 0.05) is 17.0 Å². The van der Waals surface area contributed by atoms with E-state index in [-0.39, 0.29) is 11.4 Å². The molecule has 0 saturated heterocycles. The summed E-state index contributed by atoms with van der Waals surface area (Å²) in [7, 11) is 1.39. The number of carbonyl (C=O) groups is 1. The quantitative estimate of drug-likeness (QED) is 0.777. The highest BCUT2D eigenvalue weighted by Crippen LogP contribution is 2.42. The van der Waals surface area contributed by atoms with Gasteiger partial charge in [0.1, 0.15) is 5.75 Å². The van der Waals surface area contributed by atoms with E-state index in [0.717, 1.165) is 42.3 Å². The van der Waals surface area contributed by atoms with Crippen LogP contribution in [0.4, 0.5) is 5.69 Å². The maximum atomic E-state index is 11.8. The monoisotopic (exact) mass is 357 g/mol. The van der Waals surface area contributed by atoms with Crippen LogP contribution in [0.3, 0.4) is 0 Å². The largest absolute Gasteiger partial charge is 0.490 e. The Morgan fingerprint density at radius 2 is 2.16 bits per heavy atom. The summed E-state index contributed by atoms with van der Waals surface area (Å²) in [6, 6.07) is 11.5. The third-order valence-electron chi connectivity index (χ3n) is 5.26. The summed E-state index contributed by atoms with van der Waals surface area (Å²) in [5.74, 6) is 0.423. The van der Waals surface area contributed by atoms with Crippen LogP contribution in [-0.4, -0.2) is 26.2 Å². The maximum Gasteiger partial charge on any atom is 0.337 e. The molecule has 1 N–H and O–H groups in total. The second-order valence-electron chi connectivity index (χ2n) is 6.78. The van der Waals surface area contributed by atoms with Crippen molar-refractivity contribution >= 4 is 23.3 Å². The molecule has 4 nitrogen and oxygen atoms in total. The van der Waals surface area contributed by atoms with Gasteiger partial charge in [-0.3, -0.25) is 0 Å². The van der Waals surface area contributed by atoms with Crippen molar-refractivity contribution in [1.82, 2.24) is 0 Å². The van der Waals surface area contributed by atoms with Gasteiger partial charge in [0.2, 0.25) is 0 Å². The van der Waals surface area contributed by atoms with Gasteiger partial charge in [0.05, 0.1) is 25.0 Å². The Morgan fingerprint density at radius 1 is 1.28 bits per heavy atom. The van der Waals surface area contributed by atoms with Crippen molar-refractivity contribution in [1.29, 1.82) is 0 Å². The SMILES string of the molecule is COC(=O)c1ccc2c(c1)NCC1(CCCc3cc(Cl)ccc31)CO2. The Bertz CT molecular complexity index is 836. The van der Waals surface area contributed by atoms with Gasteiger partial charge < -0.3 is 14.8 Å². The molecule has 25 heavy (non-hydrogen) atoms. The Balaban J connectivity index is 1.68. The summed E-state index contributed by atoms with van der Waals surface area (Å²) < 4.78 is 11.0. The zero-order valence-electron chi connectivity index (χ0n) is 14.1. The van der Waals surface area contributed by atoms with E-state index in [9.17, 15) is 4.79 Å². The van der Waals surface area contributed by atoms with E-state index in [0.29, 0.717) is 12.2 Å². The summed E-state index contributed by atoms with van der Waals surface area (Å²) in [6.07, 6.45) is 3.23. The van der Waals surface area contributed by atoms with E-state index in [1.807, 2.05) is 12.1 Å². The molecule has 0 aromatic heterocycles. The third kappa shape index (κ3) is 2.85. The molecule has 1 unspecified atom stereocenters. The highest BCUT2D eigenvalue weighted by Gasteiger charge is 2.39. The van der Waals surface area contributed by atoms with Crippen LogP contribution < -0.4 is 10.1 Å². The third-order valence-corrected chi connectivity index (χ3v) is 5.50. The lowest BCUT2D eigenvalue weighted by Gasteiger charge is -2.37. The van der Waals surface area contributed by atoms with Gasteiger partial charge in [-0.05, 0) is 60.7 Å². The number of hydrogen-bond acceptors (Lipinski definition) is 4. The number of methoxy groups -OCH3 is 1. The van der Waals surface area contributed by atoms with Crippen LogP contribution in [0.15, 0.2) is 36.4 Å². The summed E-state index contributed by atoms with van der Waals surface area (Å²) in [5.41, 5.74) is 3.90. The van der Waals surface area contributed by atoms with E-state index < -0.39 is 0 Å². The molecular weight excluding hydrogens is 338 g/mol. The first-order valence-electron chi connectivity index (χ1n) is 8.49. The average Bonchev–Trinajstić information content (AvgIpc) is 2.81. The molecule has 2 aromatic rings. The fraction of sp³-hybridized carbons (Fsp3) is 0.350. The fourth-order valence-electron chi connectivity index (χ4n) is 3.94. The first-order chi connectivity index (χ1) is 12.1. The van der Waals surface area contributed by atoms with Crippen LogP contribution in [0.5, 0.6) is 5.75 Å². The number of ether oxygens (including phenoxy) is 2. The number of fused-ring (bicyclic) bond motifs is 3. The van der Waals surface area contributed by atoms with Crippen molar-refractivity contribution in [2.24, 2.45) is 0 Å². The van der Waals surface area contributed by atoms with Crippen LogP contribution in [-0.2, 0) is 16.6 Å². The Morgan fingerprint density at radius 3 is 3.00 bits per heavy atom. The van der Waals surface area contributed by atoms with Crippen molar-refractivity contribution in [3.8, 4) is 5.75 Å². The number of rotatable bonds is 1. The molecule has 2 aliphatic rings. The van der Waals surface area contributed by atoms with Crippen LogP contribution in [0, 0.1) is 0 Å². The minimum atomic E-state index is -0.346. The zero-order valence-corrected chi connectivity index (χ0v) is 14.9. The lowest BCUT2D eigenvalue weighted by molar-refractivity contribution is 0.0600. The predicted octanol–water partition coefficient (Wildman–Crippen LogP) is 4.21. The van der Waals surface area contributed by atoms with Gasteiger partial charge in [0.25, 0.3) is 0 Å². The highest BCUT2D eigenvalue weighted by atomic mass is 35.5. The molecule has 1 aliphatic carbocycles. The van der Waals surface area contributed by atoms with Crippen LogP contribution >= 0.6 is 11.6 Å². The first-order valence-corrected chi connectivity index (χ1v) is 8.87. The van der Waals surface area contributed by atoms with Crippen molar-refractivity contribution in [3.05, 3.63) is 58.1 Å². The number of carbonyl (C=O) groups excluding carboxylic acids is 1. The number of esters is 1. The van der Waals surface area contributed by atoms with E-state index in [4.69, 9.17) is 21.1 Å². The molecule has 0 saturated carbocycles. The minimum Gasteiger partial charge on any atom is -0.490 e. The summed E-state index contributed by atoms with van der Waals surface area (Å²) in [5, 5.41) is 4.28. The molecule has 0 bridgehead atoms. The number of aryl methyl sites for hydroxylation is 1. The van der Waals surface area contributed by atoms with E-state index in [1.165, 1.54) is 18.2 Å². The first kappa shape index (κ1) is 16.3. The Labute approximate surface area is 152 Å². The minimum absolute atomic E-state index is 0.0807. The average molecular weight is 358 g/mol. The molecule has 1 heterocycles. The molecule has 0 amide bonds. The van der Waals surface area contributed by atoms with Gasteiger partial charge in [0.15, 0.2) is 0 Å². The summed E-state index contributed by atoms with van der Waals surface area (Å²) in [6.45, 7) is 1.37. The van der Waals surface area contributed by atoms with Crippen molar-refractivity contribution in [2.75, 3.05) is 25.6 Å². The predicted molar refractivity (Wildman–Crippen MR) is 97.8 cm³/mol. The zero-order chi connectivity index (χ0) is 17.4. The highest BCUT2D eigenvalue weighted by molar-refractivity contribution is 6.30. The molecule has 1 atom stereocenters. The second-order valence-corrected chi connectivity index (χ2v) is 7.22. The molecule has 1 spiro atoms. The molecule has 4 rings (SSSR count). The van der Waals surface area contributed by atoms with Gasteiger partial charge in [-0.15, -0.1) is 0 Å². The van der Waals surface area contributed by atoms with Crippen LogP contribution in [0.1, 0.15) is 34.3 Å². The second kappa shape index (κ2) is 6.26. The van der Waals surface area contributed by atoms with Crippen molar-refractivity contribution < 1.29 is 14.3 Å². The van der Waals surface area contributed by atoms with Crippen molar-refractivity contribution in [2.45, 2.75) is 24.7 Å². The number of benzene rings is 2. The Kier molecular flexibility index (Phi) is 4.08. The summed E-state index contributed by atoms with van der Waals surface area (Å²) in [4.78, 5) is 11.8. The standard InChI is InChI=1S/C20H20ClNO3/c1-24-19(23)14-4-7-18-17(10-14)22-11-20(12-25-18)8-2-3-13-9-15(21)5-6-16(13)20/h4-7,9-10,22H,2-3,8,11-12H2,1H3. The molecule has 5 heteroatoms. The number of nitrogens with one attached hydrogen (secondary N) is 1. The molecule has 0 fully saturated rings. The van der Waals surface area contributed by atoms with Gasteiger partial charge in [-0.1, -0.05) is 17.7 Å². The van der Waals surface area contributed by atoms with Crippen molar-refractivity contribution in [3.63, 3.8) is 0 Å². The maximum absolute atomic E-state index is 11.8. The van der Waals surface area contributed by atoms with Crippen LogP contribution in [0.2, 0.25) is 5.02 Å². The molecule has 2 aromatic carbocycles. The lowest BCUT2D eigenvalue weighted by atomic mass is 9.70. The van der Waals surface area contributed by atoms with E-state index >= 15 is 0 Å².